The van der Waals surface area contributed by atoms with Crippen LogP contribution in [0.3, 0.4) is 0 Å². The Hall–Kier alpha value is -0.730. The maximum absolute atomic E-state index is 10.9. The van der Waals surface area contributed by atoms with Crippen LogP contribution in [0.4, 0.5) is 4.79 Å². The highest BCUT2D eigenvalue weighted by Crippen LogP contribution is 2.63. The second-order valence-electron chi connectivity index (χ2n) is 7.21. The number of ether oxygens (including phenoxy) is 1. The molecule has 0 saturated heterocycles. The van der Waals surface area contributed by atoms with Gasteiger partial charge in [0.1, 0.15) is 6.10 Å². The van der Waals surface area contributed by atoms with E-state index in [0.717, 1.165) is 17.8 Å². The van der Waals surface area contributed by atoms with E-state index in [1.807, 2.05) is 6.92 Å². The summed E-state index contributed by atoms with van der Waals surface area (Å²) in [6.45, 7) is 4.27. The number of nitrogens with two attached hydrogens (primary N) is 1. The molecule has 0 aliphatic heterocycles. The van der Waals surface area contributed by atoms with Gasteiger partial charge in [-0.15, -0.1) is 0 Å². The summed E-state index contributed by atoms with van der Waals surface area (Å²) >= 11 is 0. The van der Waals surface area contributed by atoms with Crippen LogP contribution in [0.25, 0.3) is 0 Å². The maximum atomic E-state index is 10.9. The Bertz CT molecular complexity index is 317. The Morgan fingerprint density at radius 3 is 1.94 bits per heavy atom. The van der Waals surface area contributed by atoms with Crippen molar-refractivity contribution in [1.82, 2.24) is 0 Å². The van der Waals surface area contributed by atoms with Crippen molar-refractivity contribution in [3.05, 3.63) is 0 Å². The lowest BCUT2D eigenvalue weighted by molar-refractivity contribution is -0.108. The number of carbonyl (C=O) groups excluding carboxylic acids is 1. The second-order valence-corrected chi connectivity index (χ2v) is 7.21. The van der Waals surface area contributed by atoms with E-state index in [1.165, 1.54) is 38.5 Å². The van der Waals surface area contributed by atoms with Crippen LogP contribution in [0.15, 0.2) is 0 Å². The second kappa shape index (κ2) is 4.14. The van der Waals surface area contributed by atoms with Crippen molar-refractivity contribution in [2.24, 2.45) is 34.8 Å². The number of carbonyl (C=O) groups is 1. The Morgan fingerprint density at radius 1 is 1.11 bits per heavy atom. The molecular weight excluding hydrogens is 226 g/mol. The summed E-state index contributed by atoms with van der Waals surface area (Å²) in [7, 11) is 0. The molecule has 0 radical (unpaired) electrons. The molecule has 1 amide bonds. The highest BCUT2D eigenvalue weighted by atomic mass is 16.6. The summed E-state index contributed by atoms with van der Waals surface area (Å²) in [6, 6.07) is 0. The molecule has 4 aliphatic rings. The molecule has 2 atom stereocenters. The summed E-state index contributed by atoms with van der Waals surface area (Å²) in [5.41, 5.74) is 5.60. The molecule has 0 heterocycles. The highest BCUT2D eigenvalue weighted by molar-refractivity contribution is 5.64. The van der Waals surface area contributed by atoms with Crippen molar-refractivity contribution in [3.8, 4) is 0 Å². The zero-order valence-electron chi connectivity index (χ0n) is 11.5. The molecule has 4 aliphatic carbocycles. The first kappa shape index (κ1) is 12.3. The highest BCUT2D eigenvalue weighted by Gasteiger charge is 2.54. The molecule has 3 heteroatoms. The zero-order valence-corrected chi connectivity index (χ0v) is 11.5. The Labute approximate surface area is 109 Å². The third-order valence-electron chi connectivity index (χ3n) is 6.06. The van der Waals surface area contributed by atoms with Gasteiger partial charge in [-0.2, -0.15) is 0 Å². The SMILES string of the molecule is CC(OC(N)=O)C(C)C12CC3CC(CC(C3)C1)C2. The molecule has 0 aromatic heterocycles. The molecule has 102 valence electrons. The average molecular weight is 251 g/mol. The Balaban J connectivity index is 1.76. The van der Waals surface area contributed by atoms with Crippen molar-refractivity contribution in [2.45, 2.75) is 58.5 Å². The predicted molar refractivity (Wildman–Crippen MR) is 69.9 cm³/mol. The van der Waals surface area contributed by atoms with Crippen molar-refractivity contribution < 1.29 is 9.53 Å². The lowest BCUT2D eigenvalue weighted by atomic mass is 9.46. The van der Waals surface area contributed by atoms with Gasteiger partial charge in [0.15, 0.2) is 0 Å². The molecule has 3 nitrogen and oxygen atoms in total. The number of hydrogen-bond acceptors (Lipinski definition) is 2. The summed E-state index contributed by atoms with van der Waals surface area (Å²) in [5.74, 6) is 3.27. The molecule has 2 N–H and O–H groups in total. The smallest absolute Gasteiger partial charge is 0.404 e. The van der Waals surface area contributed by atoms with Gasteiger partial charge in [-0.05, 0) is 74.5 Å². The van der Waals surface area contributed by atoms with E-state index in [1.54, 1.807) is 0 Å². The Morgan fingerprint density at radius 2 is 1.56 bits per heavy atom. The van der Waals surface area contributed by atoms with E-state index in [9.17, 15) is 4.79 Å². The predicted octanol–water partition coefficient (Wildman–Crippen LogP) is 3.32. The van der Waals surface area contributed by atoms with Crippen LogP contribution in [0.5, 0.6) is 0 Å². The van der Waals surface area contributed by atoms with Crippen molar-refractivity contribution in [2.75, 3.05) is 0 Å². The van der Waals surface area contributed by atoms with Crippen LogP contribution >= 0.6 is 0 Å². The minimum atomic E-state index is -0.626. The molecule has 2 unspecified atom stereocenters. The van der Waals surface area contributed by atoms with Crippen molar-refractivity contribution in [1.29, 1.82) is 0 Å². The number of hydrogen-bond donors (Lipinski definition) is 1. The van der Waals surface area contributed by atoms with Crippen LogP contribution < -0.4 is 5.73 Å². The molecular formula is C15H25NO2. The summed E-state index contributed by atoms with van der Waals surface area (Å²) in [5, 5.41) is 0. The molecule has 4 bridgehead atoms. The quantitative estimate of drug-likeness (QED) is 0.836. The van der Waals surface area contributed by atoms with Gasteiger partial charge in [0.05, 0.1) is 0 Å². The third-order valence-corrected chi connectivity index (χ3v) is 6.06. The minimum Gasteiger partial charge on any atom is -0.446 e. The summed E-state index contributed by atoms with van der Waals surface area (Å²) in [4.78, 5) is 10.9. The van der Waals surface area contributed by atoms with Gasteiger partial charge in [-0.1, -0.05) is 6.92 Å². The van der Waals surface area contributed by atoms with Gasteiger partial charge in [-0.3, -0.25) is 0 Å². The molecule has 0 aromatic rings. The van der Waals surface area contributed by atoms with Gasteiger partial charge in [-0.25, -0.2) is 4.79 Å². The molecule has 4 rings (SSSR count). The summed E-state index contributed by atoms with van der Waals surface area (Å²) < 4.78 is 5.24. The largest absolute Gasteiger partial charge is 0.446 e. The first-order valence-corrected chi connectivity index (χ1v) is 7.44. The fourth-order valence-electron chi connectivity index (χ4n) is 5.52. The van der Waals surface area contributed by atoms with Crippen LogP contribution in [-0.2, 0) is 4.74 Å². The summed E-state index contributed by atoms with van der Waals surface area (Å²) in [6.07, 6.45) is 7.76. The van der Waals surface area contributed by atoms with Gasteiger partial charge in [0, 0.05) is 0 Å². The Kier molecular flexibility index (Phi) is 2.83. The van der Waals surface area contributed by atoms with E-state index in [-0.39, 0.29) is 6.10 Å². The van der Waals surface area contributed by atoms with E-state index in [0.29, 0.717) is 11.3 Å². The van der Waals surface area contributed by atoms with Crippen LogP contribution in [-0.4, -0.2) is 12.2 Å². The molecule has 18 heavy (non-hydrogen) atoms. The molecule has 4 saturated carbocycles. The lowest BCUT2D eigenvalue weighted by Gasteiger charge is -2.59. The first-order chi connectivity index (χ1) is 8.48. The lowest BCUT2D eigenvalue weighted by Crippen LogP contribution is -2.51. The fraction of sp³-hybridized carbons (Fsp3) is 0.933. The van der Waals surface area contributed by atoms with Gasteiger partial charge in [0.25, 0.3) is 0 Å². The minimum absolute atomic E-state index is 0.0428. The average Bonchev–Trinajstić information content (AvgIpc) is 2.25. The van der Waals surface area contributed by atoms with Crippen LogP contribution in [0.2, 0.25) is 0 Å². The van der Waals surface area contributed by atoms with E-state index < -0.39 is 6.09 Å². The van der Waals surface area contributed by atoms with Gasteiger partial charge < -0.3 is 10.5 Å². The van der Waals surface area contributed by atoms with Gasteiger partial charge >= 0.3 is 6.09 Å². The third kappa shape index (κ3) is 1.92. The van der Waals surface area contributed by atoms with Crippen LogP contribution in [0.1, 0.15) is 52.4 Å². The normalized spacial score (nSPS) is 44.7. The first-order valence-electron chi connectivity index (χ1n) is 7.44. The number of rotatable bonds is 3. The standard InChI is InChI=1S/C15H25NO2/c1-9(10(2)18-14(16)17)15-6-11-3-12(7-15)5-13(4-11)8-15/h9-13H,3-8H2,1-2H3,(H2,16,17). The number of primary amides is 1. The fourth-order valence-corrected chi connectivity index (χ4v) is 5.52. The van der Waals surface area contributed by atoms with Gasteiger partial charge in [0.2, 0.25) is 0 Å². The van der Waals surface area contributed by atoms with Crippen molar-refractivity contribution >= 4 is 6.09 Å². The number of amides is 1. The van der Waals surface area contributed by atoms with Crippen LogP contribution in [0, 0.1) is 29.1 Å². The monoisotopic (exact) mass is 251 g/mol. The molecule has 4 fully saturated rings. The van der Waals surface area contributed by atoms with E-state index in [4.69, 9.17) is 10.5 Å². The maximum Gasteiger partial charge on any atom is 0.404 e. The van der Waals surface area contributed by atoms with E-state index in [2.05, 4.69) is 6.92 Å². The van der Waals surface area contributed by atoms with Crippen molar-refractivity contribution in [3.63, 3.8) is 0 Å². The zero-order chi connectivity index (χ0) is 12.9. The molecule has 0 spiro atoms. The molecule has 0 aromatic carbocycles. The van der Waals surface area contributed by atoms with E-state index >= 15 is 0 Å². The topological polar surface area (TPSA) is 52.3 Å².